The molecule has 0 unspecified atom stereocenters. The van der Waals surface area contributed by atoms with E-state index in [0.717, 1.165) is 25.7 Å². The number of rotatable bonds is 20. The summed E-state index contributed by atoms with van der Waals surface area (Å²) in [5, 5.41) is 0. The third kappa shape index (κ3) is 8.97. The van der Waals surface area contributed by atoms with Gasteiger partial charge in [-0.2, -0.15) is 0 Å². The molecule has 0 spiro atoms. The first-order chi connectivity index (χ1) is 36.5. The maximum absolute atomic E-state index is 2.58. The van der Waals surface area contributed by atoms with Crippen LogP contribution in [0.25, 0.3) is 44.5 Å². The number of para-hydroxylation sites is 4. The first kappa shape index (κ1) is 48.8. The lowest BCUT2D eigenvalue weighted by Gasteiger charge is -2.34. The van der Waals surface area contributed by atoms with Gasteiger partial charge >= 0.3 is 0 Å². The molecular weight excluding hydrogens is 893 g/mol. The maximum atomic E-state index is 2.58. The number of anilines is 6. The molecule has 370 valence electrons. The summed E-state index contributed by atoms with van der Waals surface area (Å²) in [6.45, 7) is 9.40. The molecule has 2 heteroatoms. The fourth-order valence-corrected chi connectivity index (χ4v) is 12.9. The number of hydrogen-bond acceptors (Lipinski definition) is 2. The van der Waals surface area contributed by atoms with Crippen LogP contribution in [-0.4, -0.2) is 0 Å². The zero-order valence-corrected chi connectivity index (χ0v) is 44.2. The first-order valence-electron chi connectivity index (χ1n) is 28.0. The molecule has 0 N–H and O–H groups in total. The minimum absolute atomic E-state index is 0.0616. The zero-order chi connectivity index (χ0) is 50.5. The van der Waals surface area contributed by atoms with Crippen LogP contribution in [0.1, 0.15) is 127 Å². The van der Waals surface area contributed by atoms with Crippen molar-refractivity contribution in [3.63, 3.8) is 0 Å². The fourth-order valence-electron chi connectivity index (χ4n) is 12.9. The molecule has 2 aliphatic carbocycles. The summed E-state index contributed by atoms with van der Waals surface area (Å²) in [4.78, 5) is 4.86. The highest BCUT2D eigenvalue weighted by Crippen LogP contribution is 2.58. The van der Waals surface area contributed by atoms with Crippen molar-refractivity contribution in [3.05, 3.63) is 241 Å². The minimum atomic E-state index is -0.0616. The van der Waals surface area contributed by atoms with Gasteiger partial charge in [-0.05, 0) is 177 Å². The minimum Gasteiger partial charge on any atom is -0.310 e. The summed E-state index contributed by atoms with van der Waals surface area (Å²) in [5.41, 5.74) is 23.7. The molecule has 9 aromatic rings. The Morgan fingerprint density at radius 2 is 0.514 bits per heavy atom. The Bertz CT molecular complexity index is 3000. The van der Waals surface area contributed by atoms with Crippen molar-refractivity contribution in [1.29, 1.82) is 0 Å². The molecule has 0 saturated heterocycles. The van der Waals surface area contributed by atoms with E-state index in [1.54, 1.807) is 0 Å². The van der Waals surface area contributed by atoms with Crippen molar-refractivity contribution in [2.45, 2.75) is 116 Å². The Labute approximate surface area is 442 Å². The zero-order valence-electron chi connectivity index (χ0n) is 44.2. The number of benzene rings is 9. The Kier molecular flexibility index (Phi) is 14.2. The largest absolute Gasteiger partial charge is 0.310 e. The van der Waals surface area contributed by atoms with E-state index >= 15 is 0 Å². The van der Waals surface area contributed by atoms with E-state index in [4.69, 9.17) is 0 Å². The third-order valence-electron chi connectivity index (χ3n) is 16.6. The van der Waals surface area contributed by atoms with Crippen LogP contribution in [0, 0.1) is 0 Å². The predicted molar refractivity (Wildman–Crippen MR) is 317 cm³/mol. The van der Waals surface area contributed by atoms with Crippen molar-refractivity contribution in [2.75, 3.05) is 9.80 Å². The second kappa shape index (κ2) is 21.6. The quantitative estimate of drug-likeness (QED) is 0.0751. The van der Waals surface area contributed by atoms with Gasteiger partial charge in [0.1, 0.15) is 0 Å². The Hall–Kier alpha value is -7.42. The highest BCUT2D eigenvalue weighted by Gasteiger charge is 2.44. The third-order valence-corrected chi connectivity index (χ3v) is 16.6. The van der Waals surface area contributed by atoms with Crippen LogP contribution >= 0.6 is 0 Å². The predicted octanol–water partition coefficient (Wildman–Crippen LogP) is 21.3. The van der Waals surface area contributed by atoms with Crippen molar-refractivity contribution in [2.24, 2.45) is 0 Å². The highest BCUT2D eigenvalue weighted by atomic mass is 15.1. The summed E-state index contributed by atoms with van der Waals surface area (Å²) in [7, 11) is 0. The van der Waals surface area contributed by atoms with Crippen LogP contribution < -0.4 is 9.80 Å². The Balaban J connectivity index is 0.959. The van der Waals surface area contributed by atoms with Gasteiger partial charge in [-0.3, -0.25) is 0 Å². The van der Waals surface area contributed by atoms with Gasteiger partial charge in [-0.25, -0.2) is 0 Å². The molecule has 2 aliphatic rings. The summed E-state index contributed by atoms with van der Waals surface area (Å²) >= 11 is 0. The van der Waals surface area contributed by atoms with Gasteiger partial charge in [-0.1, -0.05) is 213 Å². The normalized spacial score (nSPS) is 13.5. The fraction of sp³-hybridized carbons (Fsp3) is 0.250. The second-order valence-electron chi connectivity index (χ2n) is 21.1. The molecule has 0 bridgehead atoms. The average Bonchev–Trinajstić information content (AvgIpc) is 3.90. The van der Waals surface area contributed by atoms with Crippen molar-refractivity contribution in [1.82, 2.24) is 0 Å². The Morgan fingerprint density at radius 3 is 0.797 bits per heavy atom. The maximum Gasteiger partial charge on any atom is 0.0465 e. The van der Waals surface area contributed by atoms with Crippen LogP contribution in [0.15, 0.2) is 218 Å². The Morgan fingerprint density at radius 1 is 0.257 bits per heavy atom. The van der Waals surface area contributed by atoms with E-state index in [1.807, 2.05) is 0 Å². The summed E-state index contributed by atoms with van der Waals surface area (Å²) in [6, 6.07) is 82.4. The lowest BCUT2D eigenvalue weighted by molar-refractivity contribution is 0.414. The van der Waals surface area contributed by atoms with Gasteiger partial charge < -0.3 is 9.80 Å². The van der Waals surface area contributed by atoms with Crippen LogP contribution in [-0.2, 0) is 10.8 Å². The topological polar surface area (TPSA) is 6.48 Å². The molecule has 0 heterocycles. The van der Waals surface area contributed by atoms with Crippen LogP contribution in [0.4, 0.5) is 34.1 Å². The highest BCUT2D eigenvalue weighted by molar-refractivity contribution is 5.90. The second-order valence-corrected chi connectivity index (χ2v) is 21.1. The van der Waals surface area contributed by atoms with Crippen LogP contribution in [0.2, 0.25) is 0 Å². The van der Waals surface area contributed by atoms with E-state index in [0.29, 0.717) is 0 Å². The number of hydrogen-bond donors (Lipinski definition) is 0. The molecule has 74 heavy (non-hydrogen) atoms. The van der Waals surface area contributed by atoms with Crippen molar-refractivity contribution in [3.8, 4) is 44.5 Å². The molecule has 0 aliphatic heterocycles. The lowest BCUT2D eigenvalue weighted by Crippen LogP contribution is -2.26. The molecule has 0 aromatic heterocycles. The van der Waals surface area contributed by atoms with Gasteiger partial charge in [0.2, 0.25) is 0 Å². The van der Waals surface area contributed by atoms with E-state index in [2.05, 4.69) is 256 Å². The average molecular weight is 965 g/mol. The summed E-state index contributed by atoms with van der Waals surface area (Å²) in [5.74, 6) is 0. The number of unbranched alkanes of at least 4 members (excludes halogenated alkanes) is 4. The van der Waals surface area contributed by atoms with E-state index in [1.165, 1.54) is 152 Å². The van der Waals surface area contributed by atoms with Gasteiger partial charge in [0.15, 0.2) is 0 Å². The molecule has 11 rings (SSSR count). The first-order valence-corrected chi connectivity index (χ1v) is 28.0. The molecule has 0 saturated carbocycles. The van der Waals surface area contributed by atoms with Crippen LogP contribution in [0.3, 0.4) is 0 Å². The van der Waals surface area contributed by atoms with E-state index < -0.39 is 0 Å². The van der Waals surface area contributed by atoms with Crippen LogP contribution in [0.5, 0.6) is 0 Å². The summed E-state index contributed by atoms with van der Waals surface area (Å²) in [6.07, 6.45) is 14.0. The molecule has 2 nitrogen and oxygen atoms in total. The van der Waals surface area contributed by atoms with E-state index in [9.17, 15) is 0 Å². The van der Waals surface area contributed by atoms with Gasteiger partial charge in [0.25, 0.3) is 0 Å². The van der Waals surface area contributed by atoms with E-state index in [-0.39, 0.29) is 10.8 Å². The lowest BCUT2D eigenvalue weighted by atomic mass is 9.70. The van der Waals surface area contributed by atoms with Crippen molar-refractivity contribution >= 4 is 34.1 Å². The van der Waals surface area contributed by atoms with Gasteiger partial charge in [-0.15, -0.1) is 0 Å². The molecule has 9 aromatic carbocycles. The number of nitrogens with zero attached hydrogens (tertiary/aromatic N) is 2. The summed E-state index contributed by atoms with van der Waals surface area (Å²) < 4.78 is 0. The molecular formula is C72H72N2. The SMILES string of the molecule is CCCCC1(CCCC)c2cc(-c3ccc(-c4ccc5c(c4)C(CCCC)(CCCC)c4cc(N(c6ccccc6)c6ccccc6)ccc4-5)cc3)ccc2-c2ccc(N(c3ccccc3)c3ccccc3)cc21. The number of fused-ring (bicyclic) bond motifs is 6. The smallest absolute Gasteiger partial charge is 0.0465 e. The monoisotopic (exact) mass is 965 g/mol. The molecule has 0 atom stereocenters. The molecule has 0 fully saturated rings. The van der Waals surface area contributed by atoms with Gasteiger partial charge in [0.05, 0.1) is 0 Å². The standard InChI is InChI=1S/C72H72N2/c1-5-9-45-71(46-10-6-2)67-49-55(37-41-63(67)65-43-39-61(51-69(65)71)73(57-25-17-13-18-26-57)58-27-19-14-20-28-58)53-33-35-54(36-34-53)56-38-42-64-66-44-40-62(74(59-29-21-15-22-30-59)60-31-23-16-24-32-60)52-70(66)72(47-11-7-3,48-12-8-4)68(64)50-56/h13-44,49-52H,5-12,45-48H2,1-4H3. The van der Waals surface area contributed by atoms with Gasteiger partial charge in [0, 0.05) is 45.0 Å². The van der Waals surface area contributed by atoms with Crippen molar-refractivity contribution < 1.29 is 0 Å². The molecule has 0 radical (unpaired) electrons. The molecule has 0 amide bonds.